The molecule has 0 heterocycles. The van der Waals surface area contributed by atoms with Gasteiger partial charge in [0.15, 0.2) is 0 Å². The fourth-order valence-electron chi connectivity index (χ4n) is 1.96. The monoisotopic (exact) mass is 263 g/mol. The Morgan fingerprint density at radius 2 is 1.79 bits per heavy atom. The quantitative estimate of drug-likeness (QED) is 0.579. The molecule has 0 atom stereocenters. The fraction of sp³-hybridized carbons (Fsp3) is 0.562. The van der Waals surface area contributed by atoms with E-state index in [4.69, 9.17) is 0 Å². The van der Waals surface area contributed by atoms with Crippen LogP contribution >= 0.6 is 0 Å². The number of carbonyl (C=O) groups is 1. The Labute approximate surface area is 116 Å². The summed E-state index contributed by atoms with van der Waals surface area (Å²) in [5.41, 5.74) is 2.73. The standard InChI is InChI=1S/C16H25NO2/c1-13(2)12-15-6-4-14(5-7-15)8-10-17-11-9-16(18)19-3/h4-7,13,17H,8-12H2,1-3H3. The molecule has 1 N–H and O–H groups in total. The summed E-state index contributed by atoms with van der Waals surface area (Å²) in [6.07, 6.45) is 2.56. The van der Waals surface area contributed by atoms with Gasteiger partial charge in [0.1, 0.15) is 0 Å². The highest BCUT2D eigenvalue weighted by atomic mass is 16.5. The molecule has 0 aromatic heterocycles. The van der Waals surface area contributed by atoms with Crippen molar-refractivity contribution < 1.29 is 9.53 Å². The van der Waals surface area contributed by atoms with Crippen LogP contribution in [0.4, 0.5) is 0 Å². The third-order valence-electron chi connectivity index (χ3n) is 2.99. The van der Waals surface area contributed by atoms with Crippen molar-refractivity contribution >= 4 is 5.97 Å². The molecule has 0 fully saturated rings. The molecule has 1 aromatic carbocycles. The van der Waals surface area contributed by atoms with E-state index in [-0.39, 0.29) is 5.97 Å². The zero-order valence-electron chi connectivity index (χ0n) is 12.2. The van der Waals surface area contributed by atoms with Gasteiger partial charge >= 0.3 is 5.97 Å². The summed E-state index contributed by atoms with van der Waals surface area (Å²) < 4.78 is 4.58. The second-order valence-electron chi connectivity index (χ2n) is 5.24. The third kappa shape index (κ3) is 6.97. The predicted molar refractivity (Wildman–Crippen MR) is 78.2 cm³/mol. The van der Waals surface area contributed by atoms with Crippen LogP contribution < -0.4 is 5.32 Å². The normalized spacial score (nSPS) is 10.7. The average Bonchev–Trinajstić information content (AvgIpc) is 2.39. The van der Waals surface area contributed by atoms with Gasteiger partial charge in [0.25, 0.3) is 0 Å². The molecule has 3 nitrogen and oxygen atoms in total. The Morgan fingerprint density at radius 1 is 1.16 bits per heavy atom. The molecule has 0 spiro atoms. The van der Waals surface area contributed by atoms with E-state index < -0.39 is 0 Å². The van der Waals surface area contributed by atoms with Crippen LogP contribution in [0.1, 0.15) is 31.4 Å². The molecule has 0 radical (unpaired) electrons. The zero-order chi connectivity index (χ0) is 14.1. The van der Waals surface area contributed by atoms with Crippen molar-refractivity contribution in [3.8, 4) is 0 Å². The fourth-order valence-corrected chi connectivity index (χ4v) is 1.96. The molecule has 19 heavy (non-hydrogen) atoms. The molecule has 0 aliphatic carbocycles. The largest absolute Gasteiger partial charge is 0.469 e. The van der Waals surface area contributed by atoms with Crippen LogP contribution in [-0.2, 0) is 22.4 Å². The number of ether oxygens (including phenoxy) is 1. The molecular formula is C16H25NO2. The molecule has 1 aromatic rings. The van der Waals surface area contributed by atoms with E-state index in [1.54, 1.807) is 0 Å². The molecule has 0 unspecified atom stereocenters. The van der Waals surface area contributed by atoms with Gasteiger partial charge in [-0.05, 0) is 36.4 Å². The van der Waals surface area contributed by atoms with E-state index in [2.05, 4.69) is 48.2 Å². The summed E-state index contributed by atoms with van der Waals surface area (Å²) in [6.45, 7) is 6.04. The van der Waals surface area contributed by atoms with Crippen LogP contribution in [0.15, 0.2) is 24.3 Å². The summed E-state index contributed by atoms with van der Waals surface area (Å²) >= 11 is 0. The maximum Gasteiger partial charge on any atom is 0.306 e. The van der Waals surface area contributed by atoms with Crippen molar-refractivity contribution in [1.29, 1.82) is 0 Å². The number of esters is 1. The number of benzene rings is 1. The highest BCUT2D eigenvalue weighted by Gasteiger charge is 2.00. The predicted octanol–water partition coefficient (Wildman–Crippen LogP) is 2.58. The first-order chi connectivity index (χ1) is 9.11. The van der Waals surface area contributed by atoms with Gasteiger partial charge in [-0.15, -0.1) is 0 Å². The van der Waals surface area contributed by atoms with E-state index >= 15 is 0 Å². The summed E-state index contributed by atoms with van der Waals surface area (Å²) in [4.78, 5) is 10.9. The van der Waals surface area contributed by atoms with E-state index in [9.17, 15) is 4.79 Å². The van der Waals surface area contributed by atoms with Crippen LogP contribution in [0.2, 0.25) is 0 Å². The van der Waals surface area contributed by atoms with Gasteiger partial charge in [0.05, 0.1) is 13.5 Å². The lowest BCUT2D eigenvalue weighted by Crippen LogP contribution is -2.21. The lowest BCUT2D eigenvalue weighted by molar-refractivity contribution is -0.140. The van der Waals surface area contributed by atoms with Crippen molar-refractivity contribution in [2.45, 2.75) is 33.1 Å². The first-order valence-electron chi connectivity index (χ1n) is 6.97. The van der Waals surface area contributed by atoms with E-state index in [1.807, 2.05) is 0 Å². The number of nitrogens with one attached hydrogen (secondary N) is 1. The zero-order valence-corrected chi connectivity index (χ0v) is 12.2. The SMILES string of the molecule is COC(=O)CCNCCc1ccc(CC(C)C)cc1. The van der Waals surface area contributed by atoms with E-state index in [0.717, 1.165) is 19.4 Å². The molecule has 0 aliphatic rings. The van der Waals surface area contributed by atoms with Gasteiger partial charge in [-0.3, -0.25) is 4.79 Å². The van der Waals surface area contributed by atoms with Crippen LogP contribution in [-0.4, -0.2) is 26.2 Å². The minimum Gasteiger partial charge on any atom is -0.469 e. The minimum absolute atomic E-state index is 0.162. The van der Waals surface area contributed by atoms with Crippen molar-refractivity contribution in [2.24, 2.45) is 5.92 Å². The molecule has 106 valence electrons. The summed E-state index contributed by atoms with van der Waals surface area (Å²) in [6, 6.07) is 8.81. The average molecular weight is 263 g/mol. The topological polar surface area (TPSA) is 38.3 Å². The Hall–Kier alpha value is -1.35. The Balaban J connectivity index is 2.21. The van der Waals surface area contributed by atoms with Gasteiger partial charge in [-0.1, -0.05) is 38.1 Å². The molecule has 0 saturated heterocycles. The van der Waals surface area contributed by atoms with Crippen LogP contribution in [0.25, 0.3) is 0 Å². The smallest absolute Gasteiger partial charge is 0.306 e. The second-order valence-corrected chi connectivity index (χ2v) is 5.24. The molecule has 0 bridgehead atoms. The summed E-state index contributed by atoms with van der Waals surface area (Å²) in [5, 5.41) is 3.25. The van der Waals surface area contributed by atoms with Crippen molar-refractivity contribution in [3.05, 3.63) is 35.4 Å². The maximum atomic E-state index is 10.9. The van der Waals surface area contributed by atoms with Crippen molar-refractivity contribution in [3.63, 3.8) is 0 Å². The van der Waals surface area contributed by atoms with E-state index in [1.165, 1.54) is 18.2 Å². The van der Waals surface area contributed by atoms with Crippen LogP contribution in [0, 0.1) is 5.92 Å². The lowest BCUT2D eigenvalue weighted by atomic mass is 10.0. The molecule has 0 saturated carbocycles. The van der Waals surface area contributed by atoms with Crippen LogP contribution in [0.5, 0.6) is 0 Å². The Bertz CT molecular complexity index is 371. The van der Waals surface area contributed by atoms with Crippen molar-refractivity contribution in [1.82, 2.24) is 5.32 Å². The molecule has 1 rings (SSSR count). The maximum absolute atomic E-state index is 10.9. The first-order valence-corrected chi connectivity index (χ1v) is 6.97. The van der Waals surface area contributed by atoms with Crippen LogP contribution in [0.3, 0.4) is 0 Å². The Morgan fingerprint density at radius 3 is 2.37 bits per heavy atom. The third-order valence-corrected chi connectivity index (χ3v) is 2.99. The number of hydrogen-bond donors (Lipinski definition) is 1. The summed E-state index contributed by atoms with van der Waals surface area (Å²) in [7, 11) is 1.42. The van der Waals surface area contributed by atoms with E-state index in [0.29, 0.717) is 18.9 Å². The minimum atomic E-state index is -0.162. The number of carbonyl (C=O) groups excluding carboxylic acids is 1. The highest BCUT2D eigenvalue weighted by molar-refractivity contribution is 5.69. The van der Waals surface area contributed by atoms with Gasteiger partial charge < -0.3 is 10.1 Å². The number of rotatable bonds is 8. The molecule has 0 amide bonds. The first kappa shape index (κ1) is 15.7. The lowest BCUT2D eigenvalue weighted by Gasteiger charge is -2.07. The highest BCUT2D eigenvalue weighted by Crippen LogP contribution is 2.09. The second kappa shape index (κ2) is 8.70. The van der Waals surface area contributed by atoms with Gasteiger partial charge in [-0.2, -0.15) is 0 Å². The molecular weight excluding hydrogens is 238 g/mol. The van der Waals surface area contributed by atoms with Crippen molar-refractivity contribution in [2.75, 3.05) is 20.2 Å². The number of hydrogen-bond acceptors (Lipinski definition) is 3. The molecule has 0 aliphatic heterocycles. The van der Waals surface area contributed by atoms with Gasteiger partial charge in [0, 0.05) is 6.54 Å². The Kier molecular flexibility index (Phi) is 7.19. The van der Waals surface area contributed by atoms with Gasteiger partial charge in [0.2, 0.25) is 0 Å². The number of methoxy groups -OCH3 is 1. The summed E-state index contributed by atoms with van der Waals surface area (Å²) in [5.74, 6) is 0.538. The van der Waals surface area contributed by atoms with Gasteiger partial charge in [-0.25, -0.2) is 0 Å². The molecule has 3 heteroatoms.